The molecule has 2 aromatic carbocycles. The second-order valence-electron chi connectivity index (χ2n) is 7.63. The minimum Gasteiger partial charge on any atom is -0.326 e. The van der Waals surface area contributed by atoms with Crippen molar-refractivity contribution in [2.75, 3.05) is 18.4 Å². The molecule has 30 heavy (non-hydrogen) atoms. The fraction of sp³-hybridized carbons (Fsp3) is 0.250. The van der Waals surface area contributed by atoms with E-state index in [1.165, 1.54) is 6.07 Å². The van der Waals surface area contributed by atoms with Crippen LogP contribution in [0.4, 0.5) is 14.5 Å². The second-order valence-corrected chi connectivity index (χ2v) is 7.63. The van der Waals surface area contributed by atoms with Crippen LogP contribution in [0.1, 0.15) is 18.4 Å². The summed E-state index contributed by atoms with van der Waals surface area (Å²) in [7, 11) is 0. The van der Waals surface area contributed by atoms with E-state index in [2.05, 4.69) is 15.2 Å². The number of anilines is 1. The van der Waals surface area contributed by atoms with Crippen molar-refractivity contribution >= 4 is 11.6 Å². The van der Waals surface area contributed by atoms with E-state index in [1.807, 2.05) is 36.4 Å². The molecule has 1 atom stereocenters. The Balaban J connectivity index is 1.35. The quantitative estimate of drug-likeness (QED) is 0.656. The van der Waals surface area contributed by atoms with E-state index in [4.69, 9.17) is 0 Å². The van der Waals surface area contributed by atoms with Gasteiger partial charge in [-0.15, -0.1) is 0 Å². The first kappa shape index (κ1) is 20.2. The molecule has 1 fully saturated rings. The zero-order valence-corrected chi connectivity index (χ0v) is 16.5. The molecule has 4 rings (SSSR count). The van der Waals surface area contributed by atoms with Gasteiger partial charge in [-0.25, -0.2) is 8.78 Å². The van der Waals surface area contributed by atoms with Gasteiger partial charge in [-0.2, -0.15) is 0 Å². The lowest BCUT2D eigenvalue weighted by Gasteiger charge is -2.32. The Morgan fingerprint density at radius 3 is 2.47 bits per heavy atom. The van der Waals surface area contributed by atoms with Gasteiger partial charge in [-0.1, -0.05) is 18.2 Å². The zero-order chi connectivity index (χ0) is 20.9. The van der Waals surface area contributed by atoms with Crippen molar-refractivity contribution in [3.8, 4) is 11.1 Å². The van der Waals surface area contributed by atoms with Crippen LogP contribution in [0, 0.1) is 17.6 Å². The van der Waals surface area contributed by atoms with Gasteiger partial charge in [-0.05, 0) is 72.5 Å². The lowest BCUT2D eigenvalue weighted by Crippen LogP contribution is -2.40. The molecular formula is C24H23F2N3O. The largest absolute Gasteiger partial charge is 0.326 e. The highest BCUT2D eigenvalue weighted by Gasteiger charge is 2.26. The molecule has 1 aliphatic heterocycles. The Kier molecular flexibility index (Phi) is 6.14. The van der Waals surface area contributed by atoms with Crippen molar-refractivity contribution in [3.05, 3.63) is 84.2 Å². The summed E-state index contributed by atoms with van der Waals surface area (Å²) in [5, 5.41) is 3.00. The second kappa shape index (κ2) is 9.13. The molecule has 1 amide bonds. The van der Waals surface area contributed by atoms with Gasteiger partial charge in [0.2, 0.25) is 5.91 Å². The summed E-state index contributed by atoms with van der Waals surface area (Å²) in [6, 6.07) is 15.6. The van der Waals surface area contributed by atoms with Gasteiger partial charge in [0.25, 0.3) is 0 Å². The van der Waals surface area contributed by atoms with Crippen molar-refractivity contribution in [1.29, 1.82) is 0 Å². The van der Waals surface area contributed by atoms with Crippen LogP contribution < -0.4 is 5.32 Å². The normalized spacial score (nSPS) is 16.9. The number of carbonyl (C=O) groups is 1. The fourth-order valence-electron chi connectivity index (χ4n) is 3.84. The summed E-state index contributed by atoms with van der Waals surface area (Å²) in [4.78, 5) is 18.9. The highest BCUT2D eigenvalue weighted by molar-refractivity contribution is 5.93. The lowest BCUT2D eigenvalue weighted by atomic mass is 9.96. The summed E-state index contributed by atoms with van der Waals surface area (Å²) >= 11 is 0. The molecule has 0 bridgehead atoms. The molecule has 154 valence electrons. The van der Waals surface area contributed by atoms with Crippen molar-refractivity contribution in [3.63, 3.8) is 0 Å². The standard InChI is InChI=1S/C24H23F2N3O/c25-22-8-3-17(14-23(22)26)15-29-13-1-2-20(16-29)24(30)28-21-6-4-18(5-7-21)19-9-11-27-12-10-19/h3-12,14,20H,1-2,13,15-16H2,(H,28,30). The first-order valence-electron chi connectivity index (χ1n) is 10.1. The molecule has 3 aromatic rings. The number of likely N-dealkylation sites (tertiary alicyclic amines) is 1. The fourth-order valence-corrected chi connectivity index (χ4v) is 3.84. The van der Waals surface area contributed by atoms with Crippen molar-refractivity contribution < 1.29 is 13.6 Å². The Hall–Kier alpha value is -3.12. The smallest absolute Gasteiger partial charge is 0.228 e. The Morgan fingerprint density at radius 1 is 1.00 bits per heavy atom. The maximum absolute atomic E-state index is 13.5. The number of nitrogens with zero attached hydrogens (tertiary/aromatic N) is 2. The summed E-state index contributed by atoms with van der Waals surface area (Å²) in [6.45, 7) is 1.94. The van der Waals surface area contributed by atoms with Gasteiger partial charge < -0.3 is 5.32 Å². The third-order valence-corrected chi connectivity index (χ3v) is 5.43. The van der Waals surface area contributed by atoms with Gasteiger partial charge in [0.05, 0.1) is 5.92 Å². The third kappa shape index (κ3) is 4.89. The number of aromatic nitrogens is 1. The van der Waals surface area contributed by atoms with Crippen LogP contribution in [0.5, 0.6) is 0 Å². The number of amides is 1. The first-order valence-corrected chi connectivity index (χ1v) is 10.1. The van der Waals surface area contributed by atoms with Gasteiger partial charge in [0, 0.05) is 31.2 Å². The Bertz CT molecular complexity index is 1010. The maximum Gasteiger partial charge on any atom is 0.228 e. The van der Waals surface area contributed by atoms with Gasteiger partial charge >= 0.3 is 0 Å². The monoisotopic (exact) mass is 407 g/mol. The molecule has 0 saturated carbocycles. The number of pyridine rings is 1. The van der Waals surface area contributed by atoms with E-state index < -0.39 is 11.6 Å². The van der Waals surface area contributed by atoms with E-state index in [0.717, 1.165) is 42.3 Å². The van der Waals surface area contributed by atoms with Crippen molar-refractivity contribution in [2.45, 2.75) is 19.4 Å². The predicted molar refractivity (Wildman–Crippen MR) is 113 cm³/mol. The zero-order valence-electron chi connectivity index (χ0n) is 16.5. The van der Waals surface area contributed by atoms with Crippen molar-refractivity contribution in [1.82, 2.24) is 9.88 Å². The van der Waals surface area contributed by atoms with E-state index in [9.17, 15) is 13.6 Å². The minimum absolute atomic E-state index is 0.0124. The number of nitrogens with one attached hydrogen (secondary N) is 1. The molecular weight excluding hydrogens is 384 g/mol. The average molecular weight is 407 g/mol. The predicted octanol–water partition coefficient (Wildman–Crippen LogP) is 4.88. The topological polar surface area (TPSA) is 45.2 Å². The van der Waals surface area contributed by atoms with Gasteiger partial charge in [0.1, 0.15) is 0 Å². The number of halogens is 2. The van der Waals surface area contributed by atoms with Crippen LogP contribution in [-0.4, -0.2) is 28.9 Å². The Morgan fingerprint density at radius 2 is 1.73 bits per heavy atom. The molecule has 1 N–H and O–H groups in total. The molecule has 2 heterocycles. The minimum atomic E-state index is -0.843. The van der Waals surface area contributed by atoms with E-state index >= 15 is 0 Å². The van der Waals surface area contributed by atoms with Crippen LogP contribution in [-0.2, 0) is 11.3 Å². The molecule has 1 aromatic heterocycles. The van der Waals surface area contributed by atoms with Crippen LogP contribution in [0.15, 0.2) is 67.0 Å². The van der Waals surface area contributed by atoms with E-state index in [1.54, 1.807) is 18.5 Å². The van der Waals surface area contributed by atoms with Crippen LogP contribution in [0.25, 0.3) is 11.1 Å². The molecule has 0 aliphatic carbocycles. The molecule has 4 nitrogen and oxygen atoms in total. The number of benzene rings is 2. The Labute approximate surface area is 174 Å². The number of hydrogen-bond acceptors (Lipinski definition) is 3. The number of piperidine rings is 1. The molecule has 0 spiro atoms. The number of hydrogen-bond donors (Lipinski definition) is 1. The molecule has 0 radical (unpaired) electrons. The van der Waals surface area contributed by atoms with Crippen LogP contribution >= 0.6 is 0 Å². The van der Waals surface area contributed by atoms with E-state index in [0.29, 0.717) is 18.7 Å². The number of rotatable bonds is 5. The number of carbonyl (C=O) groups excluding carboxylic acids is 1. The summed E-state index contributed by atoms with van der Waals surface area (Å²) < 4.78 is 26.6. The van der Waals surface area contributed by atoms with Crippen LogP contribution in [0.2, 0.25) is 0 Å². The van der Waals surface area contributed by atoms with E-state index in [-0.39, 0.29) is 11.8 Å². The summed E-state index contributed by atoms with van der Waals surface area (Å²) in [6.07, 6.45) is 5.21. The first-order chi connectivity index (χ1) is 14.6. The summed E-state index contributed by atoms with van der Waals surface area (Å²) in [5.74, 6) is -1.83. The highest BCUT2D eigenvalue weighted by atomic mass is 19.2. The SMILES string of the molecule is O=C(Nc1ccc(-c2ccncc2)cc1)C1CCCN(Cc2ccc(F)c(F)c2)C1. The maximum atomic E-state index is 13.5. The van der Waals surface area contributed by atoms with Crippen molar-refractivity contribution in [2.24, 2.45) is 5.92 Å². The molecule has 1 aliphatic rings. The third-order valence-electron chi connectivity index (χ3n) is 5.43. The molecule has 1 saturated heterocycles. The highest BCUT2D eigenvalue weighted by Crippen LogP contribution is 2.23. The van der Waals surface area contributed by atoms with Gasteiger partial charge in [0.15, 0.2) is 11.6 Å². The average Bonchev–Trinajstić information content (AvgIpc) is 2.78. The molecule has 6 heteroatoms. The van der Waals surface area contributed by atoms with Gasteiger partial charge in [-0.3, -0.25) is 14.7 Å². The summed E-state index contributed by atoms with van der Waals surface area (Å²) in [5.41, 5.74) is 3.60. The lowest BCUT2D eigenvalue weighted by molar-refractivity contribution is -0.121. The van der Waals surface area contributed by atoms with Crippen LogP contribution in [0.3, 0.4) is 0 Å². The molecule has 1 unspecified atom stereocenters.